The Kier molecular flexibility index (Phi) is 6.08. The number of aliphatic hydroxyl groups is 1. The molecule has 0 amide bonds. The minimum Gasteiger partial charge on any atom is -0.387 e. The number of pyridine rings is 1. The lowest BCUT2D eigenvalue weighted by molar-refractivity contribution is 0.191. The van der Waals surface area contributed by atoms with E-state index in [1.165, 1.54) is 0 Å². The fourth-order valence-electron chi connectivity index (χ4n) is 3.69. The summed E-state index contributed by atoms with van der Waals surface area (Å²) in [4.78, 5) is 23.4. The zero-order valence-corrected chi connectivity index (χ0v) is 18.0. The van der Waals surface area contributed by atoms with Crippen molar-refractivity contribution in [2.75, 3.05) is 18.9 Å². The zero-order valence-electron chi connectivity index (χ0n) is 17.3. The standard InChI is InChI=1S/C23H24ClN5O2/c1-13-8-14(11-25-2)9-18-21(13)29-22(28-18)20-17(6-7-26-23(20)31)27-12-19(30)15-4-3-5-16(24)10-15/h3-10,19,25,30H,11-12H2,1-2H3,(H,28,29)(H2,26,27,31). The molecule has 0 bridgehead atoms. The zero-order chi connectivity index (χ0) is 22.0. The molecule has 0 saturated heterocycles. The number of hydrogen-bond acceptors (Lipinski definition) is 5. The predicted molar refractivity (Wildman–Crippen MR) is 125 cm³/mol. The molecule has 0 aliphatic heterocycles. The van der Waals surface area contributed by atoms with Crippen LogP contribution in [0.5, 0.6) is 0 Å². The molecule has 31 heavy (non-hydrogen) atoms. The fourth-order valence-corrected chi connectivity index (χ4v) is 3.89. The van der Waals surface area contributed by atoms with Crippen molar-refractivity contribution in [1.29, 1.82) is 0 Å². The van der Waals surface area contributed by atoms with Gasteiger partial charge in [-0.05, 0) is 54.9 Å². The lowest BCUT2D eigenvalue weighted by atomic mass is 10.1. The molecule has 7 nitrogen and oxygen atoms in total. The third-order valence-corrected chi connectivity index (χ3v) is 5.37. The molecule has 0 fully saturated rings. The van der Waals surface area contributed by atoms with Crippen LogP contribution in [0.1, 0.15) is 22.8 Å². The van der Waals surface area contributed by atoms with E-state index in [2.05, 4.69) is 31.7 Å². The number of nitrogens with one attached hydrogen (secondary N) is 4. The molecule has 0 aliphatic carbocycles. The van der Waals surface area contributed by atoms with E-state index in [0.29, 0.717) is 27.7 Å². The van der Waals surface area contributed by atoms with Gasteiger partial charge in [-0.2, -0.15) is 0 Å². The van der Waals surface area contributed by atoms with Crippen molar-refractivity contribution in [2.45, 2.75) is 19.6 Å². The summed E-state index contributed by atoms with van der Waals surface area (Å²) < 4.78 is 0. The highest BCUT2D eigenvalue weighted by Crippen LogP contribution is 2.27. The molecule has 8 heteroatoms. The second kappa shape index (κ2) is 8.93. The summed E-state index contributed by atoms with van der Waals surface area (Å²) >= 11 is 6.02. The van der Waals surface area contributed by atoms with E-state index in [0.717, 1.165) is 28.7 Å². The van der Waals surface area contributed by atoms with Crippen LogP contribution >= 0.6 is 11.6 Å². The summed E-state index contributed by atoms with van der Waals surface area (Å²) in [5.74, 6) is 0.473. The van der Waals surface area contributed by atoms with E-state index >= 15 is 0 Å². The Morgan fingerprint density at radius 1 is 1.23 bits per heavy atom. The van der Waals surface area contributed by atoms with Crippen LogP contribution in [0.15, 0.2) is 53.5 Å². The van der Waals surface area contributed by atoms with Gasteiger partial charge in [0.15, 0.2) is 0 Å². The van der Waals surface area contributed by atoms with Gasteiger partial charge in [0.05, 0.1) is 22.8 Å². The molecule has 2 aromatic carbocycles. The van der Waals surface area contributed by atoms with Crippen molar-refractivity contribution in [3.05, 3.63) is 80.7 Å². The molecule has 4 aromatic rings. The Hall–Kier alpha value is -3.13. The number of aryl methyl sites for hydroxylation is 1. The van der Waals surface area contributed by atoms with Gasteiger partial charge in [-0.1, -0.05) is 29.8 Å². The Morgan fingerprint density at radius 2 is 2.06 bits per heavy atom. The van der Waals surface area contributed by atoms with Crippen molar-refractivity contribution in [3.8, 4) is 11.4 Å². The number of fused-ring (bicyclic) bond motifs is 1. The van der Waals surface area contributed by atoms with E-state index in [4.69, 9.17) is 11.6 Å². The summed E-state index contributed by atoms with van der Waals surface area (Å²) in [5, 5.41) is 17.4. The van der Waals surface area contributed by atoms with Crippen molar-refractivity contribution >= 4 is 28.3 Å². The smallest absolute Gasteiger partial charge is 0.261 e. The topological polar surface area (TPSA) is 106 Å². The van der Waals surface area contributed by atoms with Gasteiger partial charge in [-0.25, -0.2) is 4.98 Å². The van der Waals surface area contributed by atoms with Gasteiger partial charge < -0.3 is 25.7 Å². The molecule has 4 rings (SSSR count). The van der Waals surface area contributed by atoms with E-state index in [1.54, 1.807) is 30.5 Å². The van der Waals surface area contributed by atoms with E-state index in [-0.39, 0.29) is 12.1 Å². The number of nitrogens with zero attached hydrogens (tertiary/aromatic N) is 1. The molecule has 1 atom stereocenters. The maximum absolute atomic E-state index is 12.7. The third-order valence-electron chi connectivity index (χ3n) is 5.13. The molecule has 0 radical (unpaired) electrons. The first-order chi connectivity index (χ1) is 15.0. The average Bonchev–Trinajstić information content (AvgIpc) is 3.16. The Balaban J connectivity index is 1.67. The summed E-state index contributed by atoms with van der Waals surface area (Å²) in [6.45, 7) is 2.95. The van der Waals surface area contributed by atoms with Crippen LogP contribution in [0.4, 0.5) is 5.69 Å². The Labute approximate surface area is 184 Å². The highest BCUT2D eigenvalue weighted by Gasteiger charge is 2.17. The van der Waals surface area contributed by atoms with Crippen LogP contribution in [0.2, 0.25) is 5.02 Å². The Morgan fingerprint density at radius 3 is 2.84 bits per heavy atom. The minimum atomic E-state index is -0.784. The number of imidazole rings is 1. The van der Waals surface area contributed by atoms with E-state index in [1.807, 2.05) is 26.1 Å². The van der Waals surface area contributed by atoms with Crippen molar-refractivity contribution in [2.24, 2.45) is 0 Å². The van der Waals surface area contributed by atoms with Crippen LogP contribution in [0.3, 0.4) is 0 Å². The third kappa shape index (κ3) is 4.49. The summed E-state index contributed by atoms with van der Waals surface area (Å²) in [5.41, 5.74) is 5.26. The number of hydrogen-bond donors (Lipinski definition) is 5. The van der Waals surface area contributed by atoms with E-state index < -0.39 is 6.10 Å². The van der Waals surface area contributed by atoms with Crippen LogP contribution in [-0.4, -0.2) is 33.7 Å². The first kappa shape index (κ1) is 21.1. The van der Waals surface area contributed by atoms with Gasteiger partial charge in [0.1, 0.15) is 11.4 Å². The normalized spacial score (nSPS) is 12.3. The molecule has 2 heterocycles. The molecule has 160 valence electrons. The van der Waals surface area contributed by atoms with Crippen LogP contribution < -0.4 is 16.2 Å². The highest BCUT2D eigenvalue weighted by atomic mass is 35.5. The van der Waals surface area contributed by atoms with Crippen LogP contribution in [0.25, 0.3) is 22.4 Å². The van der Waals surface area contributed by atoms with Gasteiger partial charge in [-0.3, -0.25) is 4.79 Å². The predicted octanol–water partition coefficient (Wildman–Crippen LogP) is 3.74. The maximum atomic E-state index is 12.7. The first-order valence-electron chi connectivity index (χ1n) is 9.99. The Bertz CT molecular complexity index is 1280. The van der Waals surface area contributed by atoms with E-state index in [9.17, 15) is 9.90 Å². The minimum absolute atomic E-state index is 0.211. The van der Waals surface area contributed by atoms with Gasteiger partial charge in [0.25, 0.3) is 5.56 Å². The van der Waals surface area contributed by atoms with Crippen molar-refractivity contribution in [3.63, 3.8) is 0 Å². The maximum Gasteiger partial charge on any atom is 0.261 e. The number of benzene rings is 2. The van der Waals surface area contributed by atoms with Gasteiger partial charge >= 0.3 is 0 Å². The second-order valence-corrected chi connectivity index (χ2v) is 7.91. The van der Waals surface area contributed by atoms with Crippen molar-refractivity contribution < 1.29 is 5.11 Å². The molecular weight excluding hydrogens is 414 g/mol. The number of aromatic amines is 2. The second-order valence-electron chi connectivity index (χ2n) is 7.47. The molecule has 0 aliphatic rings. The van der Waals surface area contributed by atoms with Gasteiger partial charge in [0, 0.05) is 24.3 Å². The number of rotatable bonds is 7. The lowest BCUT2D eigenvalue weighted by Gasteiger charge is -2.15. The number of H-pyrrole nitrogens is 2. The fraction of sp³-hybridized carbons (Fsp3) is 0.217. The average molecular weight is 438 g/mol. The largest absolute Gasteiger partial charge is 0.387 e. The van der Waals surface area contributed by atoms with Crippen LogP contribution in [0, 0.1) is 6.92 Å². The molecule has 5 N–H and O–H groups in total. The number of halogens is 1. The SMILES string of the molecule is CNCc1cc(C)c2nc(-c3c(NCC(O)c4cccc(Cl)c4)cc[nH]c3=O)[nH]c2c1. The summed E-state index contributed by atoms with van der Waals surface area (Å²) in [7, 11) is 1.90. The van der Waals surface area contributed by atoms with Gasteiger partial charge in [0.2, 0.25) is 0 Å². The molecule has 0 spiro atoms. The number of aromatic nitrogens is 3. The quantitative estimate of drug-likeness (QED) is 0.303. The summed E-state index contributed by atoms with van der Waals surface area (Å²) in [6.07, 6.45) is 0.784. The molecule has 2 aromatic heterocycles. The van der Waals surface area contributed by atoms with Crippen molar-refractivity contribution in [1.82, 2.24) is 20.3 Å². The number of aliphatic hydroxyl groups excluding tert-OH is 1. The number of anilines is 1. The molecule has 1 unspecified atom stereocenters. The highest BCUT2D eigenvalue weighted by molar-refractivity contribution is 6.30. The summed E-state index contributed by atoms with van der Waals surface area (Å²) in [6, 6.07) is 12.9. The monoisotopic (exact) mass is 437 g/mol. The first-order valence-corrected chi connectivity index (χ1v) is 10.4. The lowest BCUT2D eigenvalue weighted by Crippen LogP contribution is -2.17. The molecule has 0 saturated carbocycles. The van der Waals surface area contributed by atoms with Gasteiger partial charge in [-0.15, -0.1) is 0 Å². The molecular formula is C23H24ClN5O2. The van der Waals surface area contributed by atoms with Crippen LogP contribution in [-0.2, 0) is 6.54 Å².